The fourth-order valence-corrected chi connectivity index (χ4v) is 3.72. The van der Waals surface area contributed by atoms with Crippen LogP contribution in [0.1, 0.15) is 12.0 Å². The van der Waals surface area contributed by atoms with E-state index in [1.54, 1.807) is 28.0 Å². The Balaban J connectivity index is 1.29. The average Bonchev–Trinajstić information content (AvgIpc) is 2.79. The molecule has 1 saturated heterocycles. The number of nitrogens with zero attached hydrogens (tertiary/aromatic N) is 4. The molecule has 1 aliphatic heterocycles. The molecule has 1 aliphatic rings. The third kappa shape index (κ3) is 4.74. The molecule has 0 aliphatic carbocycles. The van der Waals surface area contributed by atoms with Crippen molar-refractivity contribution < 1.29 is 9.59 Å². The van der Waals surface area contributed by atoms with Crippen LogP contribution >= 0.6 is 0 Å². The molecular formula is C23H25N5O3. The van der Waals surface area contributed by atoms with Crippen LogP contribution in [0.4, 0.5) is 10.5 Å². The SMILES string of the molecule is Cc1cccc(NC(=O)N2CCN(C(=O)CCn3cnc4ccccc4c3=O)CC2)c1. The van der Waals surface area contributed by atoms with Crippen molar-refractivity contribution >= 4 is 28.5 Å². The van der Waals surface area contributed by atoms with Crippen molar-refractivity contribution in [2.24, 2.45) is 0 Å². The lowest BCUT2D eigenvalue weighted by molar-refractivity contribution is -0.132. The van der Waals surface area contributed by atoms with Crippen LogP contribution in [-0.4, -0.2) is 57.5 Å². The maximum absolute atomic E-state index is 12.6. The van der Waals surface area contributed by atoms with E-state index in [0.29, 0.717) is 37.1 Å². The Bertz CT molecular complexity index is 1170. The first-order chi connectivity index (χ1) is 15.0. The number of piperazine rings is 1. The number of hydrogen-bond donors (Lipinski definition) is 1. The Labute approximate surface area is 180 Å². The van der Waals surface area contributed by atoms with Crippen molar-refractivity contribution in [1.29, 1.82) is 0 Å². The first kappa shape index (κ1) is 20.6. The summed E-state index contributed by atoms with van der Waals surface area (Å²) in [6.45, 7) is 4.16. The van der Waals surface area contributed by atoms with Crippen LogP contribution in [0.2, 0.25) is 0 Å². The first-order valence-corrected chi connectivity index (χ1v) is 10.4. The van der Waals surface area contributed by atoms with Gasteiger partial charge in [-0.2, -0.15) is 0 Å². The zero-order valence-electron chi connectivity index (χ0n) is 17.5. The fourth-order valence-electron chi connectivity index (χ4n) is 3.72. The summed E-state index contributed by atoms with van der Waals surface area (Å²) in [5.41, 5.74) is 2.35. The Morgan fingerprint density at radius 3 is 2.52 bits per heavy atom. The van der Waals surface area contributed by atoms with Gasteiger partial charge in [-0.3, -0.25) is 14.2 Å². The second-order valence-electron chi connectivity index (χ2n) is 7.68. The van der Waals surface area contributed by atoms with E-state index in [1.165, 1.54) is 10.9 Å². The van der Waals surface area contributed by atoms with Crippen molar-refractivity contribution in [3.05, 3.63) is 70.8 Å². The van der Waals surface area contributed by atoms with Crippen LogP contribution in [0, 0.1) is 6.92 Å². The lowest BCUT2D eigenvalue weighted by Crippen LogP contribution is -2.51. The summed E-state index contributed by atoms with van der Waals surface area (Å²) in [5, 5.41) is 3.45. The predicted molar refractivity (Wildman–Crippen MR) is 119 cm³/mol. The normalized spacial score (nSPS) is 14.0. The van der Waals surface area contributed by atoms with E-state index in [1.807, 2.05) is 37.3 Å². The number of carbonyl (C=O) groups excluding carboxylic acids is 2. The zero-order chi connectivity index (χ0) is 21.8. The first-order valence-electron chi connectivity index (χ1n) is 10.4. The summed E-state index contributed by atoms with van der Waals surface area (Å²) in [5.74, 6) is -0.0289. The molecule has 4 rings (SSSR count). The lowest BCUT2D eigenvalue weighted by Gasteiger charge is -2.34. The summed E-state index contributed by atoms with van der Waals surface area (Å²) in [6, 6.07) is 14.7. The monoisotopic (exact) mass is 419 g/mol. The van der Waals surface area contributed by atoms with Gasteiger partial charge in [0.25, 0.3) is 5.56 Å². The number of urea groups is 1. The van der Waals surface area contributed by atoms with Gasteiger partial charge in [0.2, 0.25) is 5.91 Å². The van der Waals surface area contributed by atoms with Gasteiger partial charge in [0.05, 0.1) is 17.2 Å². The summed E-state index contributed by atoms with van der Waals surface area (Å²) in [6.07, 6.45) is 1.71. The van der Waals surface area contributed by atoms with Gasteiger partial charge in [-0.1, -0.05) is 24.3 Å². The molecule has 31 heavy (non-hydrogen) atoms. The molecule has 0 radical (unpaired) electrons. The molecule has 160 valence electrons. The number of carbonyl (C=O) groups is 2. The van der Waals surface area contributed by atoms with Crippen LogP contribution in [0.5, 0.6) is 0 Å². The smallest absolute Gasteiger partial charge is 0.321 e. The van der Waals surface area contributed by atoms with Gasteiger partial charge in [-0.25, -0.2) is 9.78 Å². The summed E-state index contributed by atoms with van der Waals surface area (Å²) < 4.78 is 1.48. The maximum atomic E-state index is 12.6. The number of nitrogens with one attached hydrogen (secondary N) is 1. The number of anilines is 1. The third-order valence-electron chi connectivity index (χ3n) is 5.49. The standard InChI is InChI=1S/C23H25N5O3/c1-17-5-4-6-18(15-17)25-23(31)27-13-11-26(12-14-27)21(29)9-10-28-16-24-20-8-3-2-7-19(20)22(28)30/h2-8,15-16H,9-14H2,1H3,(H,25,31). The number of para-hydroxylation sites is 1. The van der Waals surface area contributed by atoms with Crippen molar-refractivity contribution in [3.63, 3.8) is 0 Å². The summed E-state index contributed by atoms with van der Waals surface area (Å²) in [4.78, 5) is 45.4. The largest absolute Gasteiger partial charge is 0.339 e. The van der Waals surface area contributed by atoms with E-state index < -0.39 is 0 Å². The number of amides is 3. The highest BCUT2D eigenvalue weighted by atomic mass is 16.2. The molecule has 2 aromatic carbocycles. The molecule has 1 aromatic heterocycles. The van der Waals surface area contributed by atoms with Gasteiger partial charge >= 0.3 is 6.03 Å². The minimum absolute atomic E-state index is 0.0289. The number of hydrogen-bond acceptors (Lipinski definition) is 4. The van der Waals surface area contributed by atoms with Gasteiger partial charge in [-0.05, 0) is 36.8 Å². The predicted octanol–water partition coefficient (Wildman–Crippen LogP) is 2.47. The van der Waals surface area contributed by atoms with E-state index >= 15 is 0 Å². The van der Waals surface area contributed by atoms with Crippen molar-refractivity contribution in [2.75, 3.05) is 31.5 Å². The third-order valence-corrected chi connectivity index (χ3v) is 5.49. The molecule has 1 N–H and O–H groups in total. The molecule has 0 saturated carbocycles. The Morgan fingerprint density at radius 2 is 1.74 bits per heavy atom. The molecule has 0 unspecified atom stereocenters. The number of benzene rings is 2. The van der Waals surface area contributed by atoms with E-state index in [-0.39, 0.29) is 30.5 Å². The van der Waals surface area contributed by atoms with E-state index in [9.17, 15) is 14.4 Å². The molecule has 3 aromatic rings. The van der Waals surface area contributed by atoms with Crippen molar-refractivity contribution in [1.82, 2.24) is 19.4 Å². The van der Waals surface area contributed by atoms with E-state index in [4.69, 9.17) is 0 Å². The Hall–Kier alpha value is -3.68. The molecule has 2 heterocycles. The fraction of sp³-hybridized carbons (Fsp3) is 0.304. The highest BCUT2D eigenvalue weighted by Gasteiger charge is 2.24. The minimum atomic E-state index is -0.161. The average molecular weight is 419 g/mol. The van der Waals surface area contributed by atoms with E-state index in [0.717, 1.165) is 11.3 Å². The molecule has 0 atom stereocenters. The number of fused-ring (bicyclic) bond motifs is 1. The second-order valence-corrected chi connectivity index (χ2v) is 7.68. The second kappa shape index (κ2) is 8.99. The van der Waals surface area contributed by atoms with Crippen molar-refractivity contribution in [2.45, 2.75) is 19.9 Å². The topological polar surface area (TPSA) is 87.5 Å². The highest BCUT2D eigenvalue weighted by Crippen LogP contribution is 2.12. The zero-order valence-corrected chi connectivity index (χ0v) is 17.5. The molecule has 3 amide bonds. The summed E-state index contributed by atoms with van der Waals surface area (Å²) in [7, 11) is 0. The van der Waals surface area contributed by atoms with Gasteiger partial charge in [-0.15, -0.1) is 0 Å². The van der Waals surface area contributed by atoms with Gasteiger partial charge in [0, 0.05) is 44.8 Å². The highest BCUT2D eigenvalue weighted by molar-refractivity contribution is 5.89. The van der Waals surface area contributed by atoms with Crippen LogP contribution in [0.15, 0.2) is 59.7 Å². The Morgan fingerprint density at radius 1 is 1.00 bits per heavy atom. The van der Waals surface area contributed by atoms with Gasteiger partial charge in [0.1, 0.15) is 0 Å². The molecule has 0 spiro atoms. The molecule has 1 fully saturated rings. The molecule has 8 nitrogen and oxygen atoms in total. The summed E-state index contributed by atoms with van der Waals surface area (Å²) >= 11 is 0. The maximum Gasteiger partial charge on any atom is 0.321 e. The van der Waals surface area contributed by atoms with E-state index in [2.05, 4.69) is 10.3 Å². The van der Waals surface area contributed by atoms with Crippen molar-refractivity contribution in [3.8, 4) is 0 Å². The quantitative estimate of drug-likeness (QED) is 0.704. The lowest BCUT2D eigenvalue weighted by atomic mass is 10.2. The molecule has 8 heteroatoms. The number of aryl methyl sites for hydroxylation is 2. The number of aromatic nitrogens is 2. The van der Waals surface area contributed by atoms with Crippen LogP contribution in [-0.2, 0) is 11.3 Å². The van der Waals surface area contributed by atoms with Crippen LogP contribution in [0.25, 0.3) is 10.9 Å². The Kier molecular flexibility index (Phi) is 5.97. The number of rotatable bonds is 4. The molecular weight excluding hydrogens is 394 g/mol. The minimum Gasteiger partial charge on any atom is -0.339 e. The van der Waals surface area contributed by atoms with Crippen LogP contribution in [0.3, 0.4) is 0 Å². The van der Waals surface area contributed by atoms with Gasteiger partial charge in [0.15, 0.2) is 0 Å². The van der Waals surface area contributed by atoms with Crippen LogP contribution < -0.4 is 10.9 Å². The molecule has 0 bridgehead atoms. The van der Waals surface area contributed by atoms with Gasteiger partial charge < -0.3 is 15.1 Å².